The standard InChI is InChI=1S/C11H13ClN2O4S/c12-9-2-1-8-10(14-9)18-11(3-5-17-6-4-11)7-13-19(8,15)16/h1-2,13H,3-7H2. The second-order valence-electron chi connectivity index (χ2n) is 4.66. The Morgan fingerprint density at radius 2 is 2.05 bits per heavy atom. The van der Waals surface area contributed by atoms with Crippen molar-refractivity contribution in [1.82, 2.24) is 9.71 Å². The minimum atomic E-state index is -3.61. The van der Waals surface area contributed by atoms with E-state index in [-0.39, 0.29) is 22.5 Å². The first kappa shape index (κ1) is 13.1. The van der Waals surface area contributed by atoms with E-state index in [1.807, 2.05) is 0 Å². The number of aromatic nitrogens is 1. The van der Waals surface area contributed by atoms with Crippen LogP contribution in [0.5, 0.6) is 5.88 Å². The molecule has 0 saturated carbocycles. The van der Waals surface area contributed by atoms with Crippen molar-refractivity contribution in [1.29, 1.82) is 0 Å². The number of nitrogens with one attached hydrogen (secondary N) is 1. The van der Waals surface area contributed by atoms with Crippen molar-refractivity contribution in [2.24, 2.45) is 0 Å². The number of nitrogens with zero attached hydrogens (tertiary/aromatic N) is 1. The largest absolute Gasteiger partial charge is 0.468 e. The van der Waals surface area contributed by atoms with Gasteiger partial charge in [0.1, 0.15) is 15.6 Å². The van der Waals surface area contributed by atoms with Crippen molar-refractivity contribution in [3.63, 3.8) is 0 Å². The maximum absolute atomic E-state index is 12.1. The fourth-order valence-electron chi connectivity index (χ4n) is 2.25. The highest BCUT2D eigenvalue weighted by atomic mass is 35.5. The Balaban J connectivity index is 2.07. The molecule has 0 radical (unpaired) electrons. The fourth-order valence-corrected chi connectivity index (χ4v) is 3.56. The number of rotatable bonds is 0. The van der Waals surface area contributed by atoms with Gasteiger partial charge < -0.3 is 9.47 Å². The third-order valence-corrected chi connectivity index (χ3v) is 5.01. The van der Waals surface area contributed by atoms with Crippen molar-refractivity contribution in [2.75, 3.05) is 19.8 Å². The lowest BCUT2D eigenvalue weighted by atomic mass is 9.94. The molecule has 1 saturated heterocycles. The van der Waals surface area contributed by atoms with Crippen molar-refractivity contribution in [2.45, 2.75) is 23.3 Å². The molecule has 2 aliphatic rings. The zero-order valence-corrected chi connectivity index (χ0v) is 11.6. The Bertz CT molecular complexity index is 599. The minimum Gasteiger partial charge on any atom is -0.468 e. The van der Waals surface area contributed by atoms with E-state index in [1.165, 1.54) is 12.1 Å². The first-order valence-electron chi connectivity index (χ1n) is 5.94. The average Bonchev–Trinajstić information content (AvgIpc) is 2.46. The first-order valence-corrected chi connectivity index (χ1v) is 7.80. The topological polar surface area (TPSA) is 77.5 Å². The summed E-state index contributed by atoms with van der Waals surface area (Å²) in [4.78, 5) is 4.03. The van der Waals surface area contributed by atoms with Crippen LogP contribution in [0.15, 0.2) is 17.0 Å². The van der Waals surface area contributed by atoms with Crippen molar-refractivity contribution >= 4 is 21.6 Å². The Morgan fingerprint density at radius 1 is 1.32 bits per heavy atom. The van der Waals surface area contributed by atoms with Crippen LogP contribution in [0.2, 0.25) is 5.15 Å². The minimum absolute atomic E-state index is 0.0280. The Morgan fingerprint density at radius 3 is 2.79 bits per heavy atom. The molecular weight excluding hydrogens is 292 g/mol. The lowest BCUT2D eigenvalue weighted by molar-refractivity contribution is -0.0442. The molecule has 0 atom stereocenters. The number of hydrogen-bond donors (Lipinski definition) is 1. The monoisotopic (exact) mass is 304 g/mol. The van der Waals surface area contributed by atoms with Gasteiger partial charge in [0, 0.05) is 12.8 Å². The number of halogens is 1. The third-order valence-electron chi connectivity index (χ3n) is 3.38. The van der Waals surface area contributed by atoms with E-state index in [9.17, 15) is 8.42 Å². The fraction of sp³-hybridized carbons (Fsp3) is 0.545. The molecule has 0 bridgehead atoms. The maximum atomic E-state index is 12.1. The summed E-state index contributed by atoms with van der Waals surface area (Å²) >= 11 is 5.82. The van der Waals surface area contributed by atoms with Gasteiger partial charge in [0.2, 0.25) is 15.9 Å². The van der Waals surface area contributed by atoms with Crippen LogP contribution >= 0.6 is 11.6 Å². The number of sulfonamides is 1. The summed E-state index contributed by atoms with van der Waals surface area (Å²) < 4.78 is 38.0. The summed E-state index contributed by atoms with van der Waals surface area (Å²) in [5.41, 5.74) is -0.603. The van der Waals surface area contributed by atoms with Crippen molar-refractivity contribution < 1.29 is 17.9 Å². The molecule has 104 valence electrons. The molecule has 1 N–H and O–H groups in total. The van der Waals surface area contributed by atoms with Crippen LogP contribution in [0.3, 0.4) is 0 Å². The summed E-state index contributed by atoms with van der Waals surface area (Å²) in [6, 6.07) is 2.84. The van der Waals surface area contributed by atoms with Gasteiger partial charge in [0.25, 0.3) is 0 Å². The van der Waals surface area contributed by atoms with Gasteiger partial charge in [0.15, 0.2) is 0 Å². The van der Waals surface area contributed by atoms with E-state index in [0.717, 1.165) is 0 Å². The summed E-state index contributed by atoms with van der Waals surface area (Å²) in [5, 5.41) is 0.207. The van der Waals surface area contributed by atoms with Crippen molar-refractivity contribution in [3.8, 4) is 5.88 Å². The molecule has 0 aliphatic carbocycles. The van der Waals surface area contributed by atoms with Crippen LogP contribution in [0.1, 0.15) is 12.8 Å². The molecule has 0 aromatic carbocycles. The summed E-state index contributed by atoms with van der Waals surface area (Å²) in [6.45, 7) is 1.29. The number of pyridine rings is 1. The Kier molecular flexibility index (Phi) is 3.17. The van der Waals surface area contributed by atoms with E-state index >= 15 is 0 Å². The molecule has 8 heteroatoms. The molecule has 1 aromatic heterocycles. The van der Waals surface area contributed by atoms with Gasteiger partial charge in [-0.05, 0) is 12.1 Å². The molecule has 19 heavy (non-hydrogen) atoms. The van der Waals surface area contributed by atoms with E-state index in [4.69, 9.17) is 21.1 Å². The second-order valence-corrected chi connectivity index (χ2v) is 6.78. The van der Waals surface area contributed by atoms with Crippen LogP contribution in [0.25, 0.3) is 0 Å². The molecule has 1 fully saturated rings. The van der Waals surface area contributed by atoms with Gasteiger partial charge >= 0.3 is 0 Å². The zero-order valence-electron chi connectivity index (χ0n) is 10.1. The lowest BCUT2D eigenvalue weighted by Gasteiger charge is -2.35. The van der Waals surface area contributed by atoms with E-state index in [2.05, 4.69) is 9.71 Å². The van der Waals surface area contributed by atoms with Crippen LogP contribution in [0, 0.1) is 0 Å². The molecule has 2 aliphatic heterocycles. The normalized spacial score (nSPS) is 24.3. The van der Waals surface area contributed by atoms with Crippen LogP contribution < -0.4 is 9.46 Å². The predicted molar refractivity (Wildman–Crippen MR) is 67.8 cm³/mol. The number of hydrogen-bond acceptors (Lipinski definition) is 5. The van der Waals surface area contributed by atoms with Gasteiger partial charge in [-0.25, -0.2) is 18.1 Å². The van der Waals surface area contributed by atoms with E-state index in [1.54, 1.807) is 0 Å². The molecule has 1 aromatic rings. The van der Waals surface area contributed by atoms with Gasteiger partial charge in [-0.15, -0.1) is 0 Å². The quantitative estimate of drug-likeness (QED) is 0.722. The highest BCUT2D eigenvalue weighted by molar-refractivity contribution is 7.89. The maximum Gasteiger partial charge on any atom is 0.246 e. The van der Waals surface area contributed by atoms with Gasteiger partial charge in [-0.3, -0.25) is 0 Å². The summed E-state index contributed by atoms with van der Waals surface area (Å²) in [5.74, 6) is 0.0689. The second kappa shape index (κ2) is 4.59. The molecular formula is C11H13ClN2O4S. The van der Waals surface area contributed by atoms with Crippen LogP contribution in [-0.2, 0) is 14.8 Å². The molecule has 3 rings (SSSR count). The van der Waals surface area contributed by atoms with E-state index < -0.39 is 15.6 Å². The van der Waals surface area contributed by atoms with Gasteiger partial charge in [0.05, 0.1) is 19.8 Å². The van der Waals surface area contributed by atoms with E-state index in [0.29, 0.717) is 26.1 Å². The third kappa shape index (κ3) is 2.43. The smallest absolute Gasteiger partial charge is 0.246 e. The van der Waals surface area contributed by atoms with Crippen LogP contribution in [-0.4, -0.2) is 38.8 Å². The first-order chi connectivity index (χ1) is 9.01. The predicted octanol–water partition coefficient (Wildman–Crippen LogP) is 0.955. The molecule has 3 heterocycles. The highest BCUT2D eigenvalue weighted by Crippen LogP contribution is 2.34. The SMILES string of the molecule is O=S1(=O)NCC2(CCOCC2)Oc2nc(Cl)ccc21. The molecule has 0 amide bonds. The number of fused-ring (bicyclic) bond motifs is 1. The van der Waals surface area contributed by atoms with Gasteiger partial charge in [-0.2, -0.15) is 0 Å². The lowest BCUT2D eigenvalue weighted by Crippen LogP contribution is -2.49. The summed E-state index contributed by atoms with van der Waals surface area (Å²) in [7, 11) is -3.61. The Labute approximate surface area is 116 Å². The van der Waals surface area contributed by atoms with Crippen LogP contribution in [0.4, 0.5) is 0 Å². The number of ether oxygens (including phenoxy) is 2. The van der Waals surface area contributed by atoms with Gasteiger partial charge in [-0.1, -0.05) is 11.6 Å². The summed E-state index contributed by atoms with van der Waals surface area (Å²) in [6.07, 6.45) is 1.23. The molecule has 0 unspecified atom stereocenters. The Hall–Kier alpha value is -0.890. The van der Waals surface area contributed by atoms with Crippen molar-refractivity contribution in [3.05, 3.63) is 17.3 Å². The molecule has 6 nitrogen and oxygen atoms in total. The highest BCUT2D eigenvalue weighted by Gasteiger charge is 2.41. The zero-order chi connectivity index (χ0) is 13.5. The molecule has 1 spiro atoms. The average molecular weight is 305 g/mol.